The number of furan rings is 1. The van der Waals surface area contributed by atoms with Crippen molar-refractivity contribution in [1.29, 1.82) is 0 Å². The molecule has 1 aliphatic rings. The Morgan fingerprint density at radius 3 is 2.89 bits per heavy atom. The summed E-state index contributed by atoms with van der Waals surface area (Å²) in [6.07, 6.45) is 2.34. The van der Waals surface area contributed by atoms with E-state index < -0.39 is 0 Å². The Hall–Kier alpha value is -2.86. The van der Waals surface area contributed by atoms with E-state index in [4.69, 9.17) is 4.42 Å². The number of amides is 2. The fourth-order valence-electron chi connectivity index (χ4n) is 3.43. The van der Waals surface area contributed by atoms with Crippen molar-refractivity contribution in [1.82, 2.24) is 4.90 Å². The minimum absolute atomic E-state index is 0.0205. The number of fused-ring (bicyclic) bond motifs is 1. The van der Waals surface area contributed by atoms with Crippen molar-refractivity contribution in [3.05, 3.63) is 75.4 Å². The molecule has 0 spiro atoms. The predicted molar refractivity (Wildman–Crippen MR) is 105 cm³/mol. The summed E-state index contributed by atoms with van der Waals surface area (Å²) in [6, 6.07) is 10.8. The molecule has 138 valence electrons. The molecule has 0 unspecified atom stereocenters. The SMILES string of the molecule is Cc1ccc(C(=O)N2CCc3sccc3[C@H]2C)cc1NC(=O)c1ccco1. The zero-order chi connectivity index (χ0) is 19.0. The van der Waals surface area contributed by atoms with Crippen LogP contribution < -0.4 is 5.32 Å². The second-order valence-electron chi connectivity index (χ2n) is 6.68. The van der Waals surface area contributed by atoms with Crippen molar-refractivity contribution in [2.24, 2.45) is 0 Å². The first-order chi connectivity index (χ1) is 13.0. The van der Waals surface area contributed by atoms with Crippen LogP contribution in [-0.2, 0) is 6.42 Å². The fourth-order valence-corrected chi connectivity index (χ4v) is 4.40. The maximum atomic E-state index is 13.1. The maximum Gasteiger partial charge on any atom is 0.291 e. The Morgan fingerprint density at radius 1 is 1.26 bits per heavy atom. The minimum Gasteiger partial charge on any atom is -0.459 e. The van der Waals surface area contributed by atoms with Crippen LogP contribution in [0.25, 0.3) is 0 Å². The van der Waals surface area contributed by atoms with Gasteiger partial charge in [0.05, 0.1) is 12.3 Å². The summed E-state index contributed by atoms with van der Waals surface area (Å²) < 4.78 is 5.13. The maximum absolute atomic E-state index is 13.1. The van der Waals surface area contributed by atoms with E-state index in [1.807, 2.05) is 24.0 Å². The third-order valence-electron chi connectivity index (χ3n) is 5.02. The third kappa shape index (κ3) is 3.28. The van der Waals surface area contributed by atoms with Crippen molar-refractivity contribution in [3.63, 3.8) is 0 Å². The fraction of sp³-hybridized carbons (Fsp3) is 0.238. The van der Waals surface area contributed by atoms with Crippen molar-refractivity contribution < 1.29 is 14.0 Å². The van der Waals surface area contributed by atoms with E-state index in [1.54, 1.807) is 29.5 Å². The lowest BCUT2D eigenvalue weighted by Gasteiger charge is -2.33. The Bertz CT molecular complexity index is 991. The number of rotatable bonds is 3. The van der Waals surface area contributed by atoms with Gasteiger partial charge in [-0.15, -0.1) is 11.3 Å². The molecule has 1 aromatic carbocycles. The lowest BCUT2D eigenvalue weighted by atomic mass is 10.00. The van der Waals surface area contributed by atoms with Gasteiger partial charge >= 0.3 is 0 Å². The smallest absolute Gasteiger partial charge is 0.291 e. The average molecular weight is 380 g/mol. The second kappa shape index (κ2) is 7.04. The molecule has 1 N–H and O–H groups in total. The van der Waals surface area contributed by atoms with Crippen LogP contribution in [0.2, 0.25) is 0 Å². The van der Waals surface area contributed by atoms with E-state index in [0.717, 1.165) is 12.0 Å². The van der Waals surface area contributed by atoms with E-state index in [2.05, 4.69) is 23.7 Å². The van der Waals surface area contributed by atoms with Crippen molar-refractivity contribution >= 4 is 28.8 Å². The van der Waals surface area contributed by atoms with Crippen LogP contribution in [0.5, 0.6) is 0 Å². The van der Waals surface area contributed by atoms with E-state index in [-0.39, 0.29) is 23.6 Å². The van der Waals surface area contributed by atoms with Gasteiger partial charge in [0, 0.05) is 22.7 Å². The number of nitrogens with zero attached hydrogens (tertiary/aromatic N) is 1. The van der Waals surface area contributed by atoms with E-state index in [9.17, 15) is 9.59 Å². The highest BCUT2D eigenvalue weighted by Gasteiger charge is 2.29. The summed E-state index contributed by atoms with van der Waals surface area (Å²) >= 11 is 1.75. The molecule has 27 heavy (non-hydrogen) atoms. The van der Waals surface area contributed by atoms with Gasteiger partial charge in [-0.1, -0.05) is 6.07 Å². The summed E-state index contributed by atoms with van der Waals surface area (Å²) in [5.74, 6) is -0.115. The topological polar surface area (TPSA) is 62.6 Å². The lowest BCUT2D eigenvalue weighted by molar-refractivity contribution is 0.0679. The lowest BCUT2D eigenvalue weighted by Crippen LogP contribution is -2.38. The number of benzene rings is 1. The number of thiophene rings is 1. The van der Waals surface area contributed by atoms with E-state index in [1.165, 1.54) is 16.7 Å². The van der Waals surface area contributed by atoms with Crippen LogP contribution in [0.15, 0.2) is 52.5 Å². The van der Waals surface area contributed by atoms with Gasteiger partial charge in [-0.05, 0) is 67.1 Å². The molecule has 1 aliphatic heterocycles. The van der Waals surface area contributed by atoms with Crippen LogP contribution in [0, 0.1) is 6.92 Å². The zero-order valence-corrected chi connectivity index (χ0v) is 16.0. The molecule has 0 bridgehead atoms. The number of nitrogens with one attached hydrogen (secondary N) is 1. The highest BCUT2D eigenvalue weighted by Crippen LogP contribution is 2.34. The Kier molecular flexibility index (Phi) is 4.58. The molecule has 3 heterocycles. The quantitative estimate of drug-likeness (QED) is 0.719. The highest BCUT2D eigenvalue weighted by molar-refractivity contribution is 7.10. The summed E-state index contributed by atoms with van der Waals surface area (Å²) in [6.45, 7) is 4.67. The number of carbonyl (C=O) groups excluding carboxylic acids is 2. The molecule has 0 saturated carbocycles. The van der Waals surface area contributed by atoms with Crippen LogP contribution in [0.4, 0.5) is 5.69 Å². The van der Waals surface area contributed by atoms with Gasteiger partial charge in [-0.2, -0.15) is 0 Å². The molecule has 2 aromatic heterocycles. The van der Waals surface area contributed by atoms with Gasteiger partial charge in [0.2, 0.25) is 0 Å². The van der Waals surface area contributed by atoms with Gasteiger partial charge in [0.1, 0.15) is 0 Å². The summed E-state index contributed by atoms with van der Waals surface area (Å²) in [5.41, 5.74) is 3.31. The van der Waals surface area contributed by atoms with Gasteiger partial charge in [-0.3, -0.25) is 9.59 Å². The first kappa shape index (κ1) is 17.5. The molecule has 6 heteroatoms. The molecule has 3 aromatic rings. The summed E-state index contributed by atoms with van der Waals surface area (Å²) in [7, 11) is 0. The molecule has 0 aliphatic carbocycles. The summed E-state index contributed by atoms with van der Waals surface area (Å²) in [5, 5.41) is 4.92. The van der Waals surface area contributed by atoms with Gasteiger partial charge in [0.25, 0.3) is 11.8 Å². The summed E-state index contributed by atoms with van der Waals surface area (Å²) in [4.78, 5) is 28.7. The van der Waals surface area contributed by atoms with Gasteiger partial charge in [-0.25, -0.2) is 0 Å². The molecule has 4 rings (SSSR count). The minimum atomic E-state index is -0.332. The van der Waals surface area contributed by atoms with Crippen LogP contribution in [-0.4, -0.2) is 23.3 Å². The van der Waals surface area contributed by atoms with Gasteiger partial charge < -0.3 is 14.6 Å². The number of anilines is 1. The number of hydrogen-bond acceptors (Lipinski definition) is 4. The van der Waals surface area contributed by atoms with Crippen LogP contribution >= 0.6 is 11.3 Å². The molecular formula is C21H20N2O3S. The Morgan fingerprint density at radius 2 is 2.11 bits per heavy atom. The monoisotopic (exact) mass is 380 g/mol. The third-order valence-corrected chi connectivity index (χ3v) is 6.01. The average Bonchev–Trinajstić information content (AvgIpc) is 3.35. The van der Waals surface area contributed by atoms with Crippen LogP contribution in [0.1, 0.15) is 49.9 Å². The van der Waals surface area contributed by atoms with Crippen molar-refractivity contribution in [3.8, 4) is 0 Å². The Labute approximate surface area is 161 Å². The van der Waals surface area contributed by atoms with E-state index in [0.29, 0.717) is 17.8 Å². The second-order valence-corrected chi connectivity index (χ2v) is 7.69. The largest absolute Gasteiger partial charge is 0.459 e. The molecule has 0 saturated heterocycles. The van der Waals surface area contributed by atoms with Crippen LogP contribution in [0.3, 0.4) is 0 Å². The molecular weight excluding hydrogens is 360 g/mol. The highest BCUT2D eigenvalue weighted by atomic mass is 32.1. The van der Waals surface area contributed by atoms with Crippen molar-refractivity contribution in [2.45, 2.75) is 26.3 Å². The van der Waals surface area contributed by atoms with Crippen molar-refractivity contribution in [2.75, 3.05) is 11.9 Å². The first-order valence-corrected chi connectivity index (χ1v) is 9.75. The first-order valence-electron chi connectivity index (χ1n) is 8.87. The number of carbonyl (C=O) groups is 2. The normalized spacial score (nSPS) is 16.1. The molecule has 0 radical (unpaired) electrons. The number of aryl methyl sites for hydroxylation is 1. The number of hydrogen-bond donors (Lipinski definition) is 1. The zero-order valence-electron chi connectivity index (χ0n) is 15.2. The van der Waals surface area contributed by atoms with Gasteiger partial charge in [0.15, 0.2) is 5.76 Å². The molecule has 2 amide bonds. The molecule has 0 fully saturated rings. The molecule has 5 nitrogen and oxygen atoms in total. The Balaban J connectivity index is 1.57. The van der Waals surface area contributed by atoms with E-state index >= 15 is 0 Å². The molecule has 1 atom stereocenters. The predicted octanol–water partition coefficient (Wildman–Crippen LogP) is 4.66. The standard InChI is InChI=1S/C21H20N2O3S/c1-13-5-6-15(12-17(13)22-20(24)18-4-3-10-26-18)21(25)23-9-7-19-16(14(23)2)8-11-27-19/h3-6,8,10-12,14H,7,9H2,1-2H3,(H,22,24)/t14-/m1/s1.